The molecule has 0 unspecified atom stereocenters. The Hall–Kier alpha value is -1.72. The van der Waals surface area contributed by atoms with E-state index < -0.39 is 0 Å². The van der Waals surface area contributed by atoms with E-state index in [1.165, 1.54) is 22.3 Å². The summed E-state index contributed by atoms with van der Waals surface area (Å²) in [7, 11) is 0. The molecule has 41 heavy (non-hydrogen) atoms. The SMILES string of the molecule is Clc1ccccc1CCN1CN=C(SCc2ccc(Br)cc2CSC2=NCN(CCc3ccccc3Cl)CN2)NC1. The minimum absolute atomic E-state index is 0.696. The van der Waals surface area contributed by atoms with Crippen LogP contribution >= 0.6 is 62.7 Å². The lowest BCUT2D eigenvalue weighted by molar-refractivity contribution is 0.270. The molecule has 2 N–H and O–H groups in total. The van der Waals surface area contributed by atoms with Gasteiger partial charge < -0.3 is 10.6 Å². The lowest BCUT2D eigenvalue weighted by atomic mass is 10.1. The van der Waals surface area contributed by atoms with Crippen LogP contribution in [0.15, 0.2) is 81.2 Å². The fraction of sp³-hybridized carbons (Fsp3) is 0.333. The van der Waals surface area contributed by atoms with Gasteiger partial charge in [0.2, 0.25) is 0 Å². The van der Waals surface area contributed by atoms with Crippen molar-refractivity contribution in [3.05, 3.63) is 104 Å². The maximum atomic E-state index is 6.31. The second-order valence-electron chi connectivity index (χ2n) is 9.84. The molecular weight excluding hydrogens is 659 g/mol. The van der Waals surface area contributed by atoms with Crippen molar-refractivity contribution in [2.75, 3.05) is 39.8 Å². The zero-order valence-corrected chi connectivity index (χ0v) is 27.4. The van der Waals surface area contributed by atoms with Gasteiger partial charge in [-0.25, -0.2) is 9.98 Å². The maximum absolute atomic E-state index is 6.31. The van der Waals surface area contributed by atoms with Crippen LogP contribution < -0.4 is 10.6 Å². The zero-order valence-electron chi connectivity index (χ0n) is 22.7. The van der Waals surface area contributed by atoms with Crippen LogP contribution in [0.4, 0.5) is 0 Å². The lowest BCUT2D eigenvalue weighted by Crippen LogP contribution is -2.42. The molecule has 0 amide bonds. The van der Waals surface area contributed by atoms with Crippen LogP contribution in [-0.2, 0) is 24.3 Å². The van der Waals surface area contributed by atoms with Gasteiger partial charge in [-0.3, -0.25) is 9.80 Å². The number of nitrogens with one attached hydrogen (secondary N) is 2. The van der Waals surface area contributed by atoms with Crippen LogP contribution in [0.1, 0.15) is 22.3 Å². The highest BCUT2D eigenvalue weighted by atomic mass is 79.9. The van der Waals surface area contributed by atoms with Crippen molar-refractivity contribution in [1.82, 2.24) is 20.4 Å². The van der Waals surface area contributed by atoms with E-state index in [-0.39, 0.29) is 0 Å². The number of hydrogen-bond acceptors (Lipinski definition) is 8. The summed E-state index contributed by atoms with van der Waals surface area (Å²) >= 11 is 19.8. The Morgan fingerprint density at radius 1 is 0.683 bits per heavy atom. The number of thioether (sulfide) groups is 2. The molecule has 11 heteroatoms. The third-order valence-electron chi connectivity index (χ3n) is 6.94. The molecule has 0 spiro atoms. The van der Waals surface area contributed by atoms with Gasteiger partial charge in [0.25, 0.3) is 0 Å². The normalized spacial score (nSPS) is 16.1. The summed E-state index contributed by atoms with van der Waals surface area (Å²) in [5.41, 5.74) is 4.98. The molecule has 2 aliphatic rings. The van der Waals surface area contributed by atoms with Gasteiger partial charge in [-0.15, -0.1) is 0 Å². The van der Waals surface area contributed by atoms with E-state index in [2.05, 4.69) is 66.7 Å². The molecule has 0 aromatic heterocycles. The van der Waals surface area contributed by atoms with Crippen molar-refractivity contribution in [2.24, 2.45) is 9.98 Å². The second-order valence-corrected chi connectivity index (χ2v) is 13.5. The van der Waals surface area contributed by atoms with E-state index in [1.807, 2.05) is 36.4 Å². The van der Waals surface area contributed by atoms with Gasteiger partial charge in [0, 0.05) is 39.1 Å². The van der Waals surface area contributed by atoms with Gasteiger partial charge in [-0.2, -0.15) is 0 Å². The quantitative estimate of drug-likeness (QED) is 0.238. The lowest BCUT2D eigenvalue weighted by Gasteiger charge is -2.27. The number of aliphatic imine (C=N–C) groups is 2. The first-order valence-corrected chi connectivity index (χ1v) is 17.1. The molecule has 0 fully saturated rings. The van der Waals surface area contributed by atoms with Crippen LogP contribution in [0.3, 0.4) is 0 Å². The third kappa shape index (κ3) is 9.38. The third-order valence-corrected chi connectivity index (χ3v) is 10.2. The van der Waals surface area contributed by atoms with Crippen molar-refractivity contribution in [3.63, 3.8) is 0 Å². The van der Waals surface area contributed by atoms with Gasteiger partial charge in [-0.05, 0) is 59.4 Å². The molecule has 0 saturated heterocycles. The van der Waals surface area contributed by atoms with Crippen LogP contribution in [0, 0.1) is 0 Å². The smallest absolute Gasteiger partial charge is 0.159 e. The van der Waals surface area contributed by atoms with Crippen molar-refractivity contribution < 1.29 is 0 Å². The van der Waals surface area contributed by atoms with Crippen molar-refractivity contribution in [3.8, 4) is 0 Å². The van der Waals surface area contributed by atoms with Crippen LogP contribution in [0.5, 0.6) is 0 Å². The number of benzene rings is 3. The van der Waals surface area contributed by atoms with E-state index >= 15 is 0 Å². The highest BCUT2D eigenvalue weighted by molar-refractivity contribution is 9.10. The Morgan fingerprint density at radius 2 is 1.20 bits per heavy atom. The predicted octanol–water partition coefficient (Wildman–Crippen LogP) is 7.06. The Balaban J connectivity index is 1.07. The summed E-state index contributed by atoms with van der Waals surface area (Å²) in [5, 5.41) is 10.6. The summed E-state index contributed by atoms with van der Waals surface area (Å²) < 4.78 is 1.09. The molecule has 0 atom stereocenters. The van der Waals surface area contributed by atoms with E-state index in [4.69, 9.17) is 33.2 Å². The minimum Gasteiger partial charge on any atom is -0.352 e. The first kappa shape index (κ1) is 30.7. The highest BCUT2D eigenvalue weighted by Crippen LogP contribution is 2.26. The van der Waals surface area contributed by atoms with Gasteiger partial charge in [0.15, 0.2) is 10.3 Å². The predicted molar refractivity (Wildman–Crippen MR) is 181 cm³/mol. The molecule has 5 rings (SSSR count). The van der Waals surface area contributed by atoms with Crippen molar-refractivity contribution in [2.45, 2.75) is 24.3 Å². The van der Waals surface area contributed by atoms with E-state index in [0.29, 0.717) is 13.3 Å². The molecule has 0 radical (unpaired) electrons. The molecule has 6 nitrogen and oxygen atoms in total. The molecule has 0 bridgehead atoms. The summed E-state index contributed by atoms with van der Waals surface area (Å²) in [6.45, 7) is 4.82. The van der Waals surface area contributed by atoms with Crippen LogP contribution in [-0.4, -0.2) is 59.9 Å². The number of nitrogens with zero attached hydrogens (tertiary/aromatic N) is 4. The average molecular weight is 693 g/mol. The fourth-order valence-electron chi connectivity index (χ4n) is 4.51. The van der Waals surface area contributed by atoms with E-state index in [9.17, 15) is 0 Å². The first-order valence-electron chi connectivity index (χ1n) is 13.5. The Bertz CT molecular complexity index is 1390. The number of halogens is 3. The number of amidine groups is 2. The van der Waals surface area contributed by atoms with Crippen molar-refractivity contribution >= 4 is 73.0 Å². The van der Waals surface area contributed by atoms with Crippen molar-refractivity contribution in [1.29, 1.82) is 0 Å². The molecule has 0 saturated carbocycles. The fourth-order valence-corrected chi connectivity index (χ4v) is 7.15. The molecule has 3 aromatic rings. The standard InChI is InChI=1S/C30H33BrCl2N6S2/c31-26-10-9-24(16-40-29-34-18-38(19-35-29)13-11-22-5-1-3-7-27(22)32)25(15-26)17-41-30-36-20-39(21-37-30)14-12-23-6-2-4-8-28(23)33/h1-10,15H,11-14,16-21H2,(H,34,35)(H,36,37). The molecule has 2 heterocycles. The van der Waals surface area contributed by atoms with Crippen LogP contribution in [0.25, 0.3) is 0 Å². The average Bonchev–Trinajstić information content (AvgIpc) is 3.00. The topological polar surface area (TPSA) is 55.3 Å². The Labute approximate surface area is 269 Å². The first-order chi connectivity index (χ1) is 20.0. The van der Waals surface area contributed by atoms with Gasteiger partial charge in [0.1, 0.15) is 0 Å². The molecule has 0 aliphatic carbocycles. The summed E-state index contributed by atoms with van der Waals surface area (Å²) in [6.07, 6.45) is 1.83. The molecule has 3 aromatic carbocycles. The minimum atomic E-state index is 0.696. The Morgan fingerprint density at radius 3 is 1.68 bits per heavy atom. The number of hydrogen-bond donors (Lipinski definition) is 2. The molecule has 216 valence electrons. The van der Waals surface area contributed by atoms with E-state index in [1.54, 1.807) is 23.5 Å². The summed E-state index contributed by atoms with van der Waals surface area (Å²) in [6, 6.07) is 22.6. The monoisotopic (exact) mass is 690 g/mol. The van der Waals surface area contributed by atoms with Gasteiger partial charge in [0.05, 0.1) is 26.7 Å². The summed E-state index contributed by atoms with van der Waals surface area (Å²) in [5.74, 6) is 1.72. The largest absolute Gasteiger partial charge is 0.352 e. The number of rotatable bonds is 10. The van der Waals surface area contributed by atoms with Gasteiger partial charge >= 0.3 is 0 Å². The summed E-state index contributed by atoms with van der Waals surface area (Å²) in [4.78, 5) is 14.2. The maximum Gasteiger partial charge on any atom is 0.159 e. The Kier molecular flexibility index (Phi) is 11.7. The molecule has 2 aliphatic heterocycles. The molecular formula is C30H33BrCl2N6S2. The van der Waals surface area contributed by atoms with Crippen LogP contribution in [0.2, 0.25) is 10.0 Å². The van der Waals surface area contributed by atoms with Gasteiger partial charge in [-0.1, -0.05) is 105 Å². The zero-order chi connectivity index (χ0) is 28.4. The van der Waals surface area contributed by atoms with E-state index in [0.717, 1.165) is 75.6 Å². The highest BCUT2D eigenvalue weighted by Gasteiger charge is 2.16. The second kappa shape index (κ2) is 15.7.